The van der Waals surface area contributed by atoms with Crippen molar-refractivity contribution >= 4 is 29.0 Å². The van der Waals surface area contributed by atoms with Crippen LogP contribution in [0.2, 0.25) is 0 Å². The van der Waals surface area contributed by atoms with Crippen LogP contribution >= 0.6 is 11.8 Å². The molecule has 1 aromatic carbocycles. The highest BCUT2D eigenvalue weighted by Crippen LogP contribution is 2.30. The average Bonchev–Trinajstić information content (AvgIpc) is 2.90. The molecule has 2 N–H and O–H groups in total. The summed E-state index contributed by atoms with van der Waals surface area (Å²) < 4.78 is 1.46. The minimum atomic E-state index is -0.526. The number of anilines is 1. The average molecular weight is 365 g/mol. The highest BCUT2D eigenvalue weighted by molar-refractivity contribution is 7.99. The number of H-pyrrole nitrogens is 1. The van der Waals surface area contributed by atoms with Gasteiger partial charge in [-0.05, 0) is 31.4 Å². The van der Waals surface area contributed by atoms with E-state index < -0.39 is 10.8 Å². The number of rotatable bonds is 7. The Bertz CT molecular complexity index is 858. The normalized spacial score (nSPS) is 10.7. The maximum absolute atomic E-state index is 12.2. The van der Waals surface area contributed by atoms with Gasteiger partial charge in [-0.2, -0.15) is 0 Å². The van der Waals surface area contributed by atoms with E-state index in [0.717, 1.165) is 23.7 Å². The quantitative estimate of drug-likeness (QED) is 0.441. The molecule has 134 valence electrons. The van der Waals surface area contributed by atoms with Gasteiger partial charge in [0.1, 0.15) is 5.69 Å². The maximum atomic E-state index is 12.2. The minimum absolute atomic E-state index is 0.0153. The molecule has 2 aromatic rings. The fourth-order valence-electron chi connectivity index (χ4n) is 2.25. The second kappa shape index (κ2) is 7.97. The molecule has 0 saturated carbocycles. The van der Waals surface area contributed by atoms with E-state index in [0.29, 0.717) is 17.3 Å². The third-order valence-corrected chi connectivity index (χ3v) is 4.65. The SMILES string of the molecule is CCCn1c(SCC(=O)Nc2c([N+](=O)[O-])ccc(C)c2C)n[nH]c1=O. The van der Waals surface area contributed by atoms with Crippen LogP contribution in [0, 0.1) is 24.0 Å². The summed E-state index contributed by atoms with van der Waals surface area (Å²) in [5, 5.41) is 20.4. The van der Waals surface area contributed by atoms with Crippen molar-refractivity contribution in [3.8, 4) is 0 Å². The molecule has 2 rings (SSSR count). The molecule has 1 heterocycles. The molecule has 25 heavy (non-hydrogen) atoms. The predicted molar refractivity (Wildman–Crippen MR) is 95.1 cm³/mol. The van der Waals surface area contributed by atoms with E-state index in [9.17, 15) is 19.7 Å². The Labute approximate surface area is 148 Å². The first-order chi connectivity index (χ1) is 11.8. The summed E-state index contributed by atoms with van der Waals surface area (Å²) >= 11 is 1.10. The molecule has 0 unspecified atom stereocenters. The van der Waals surface area contributed by atoms with Crippen molar-refractivity contribution < 1.29 is 9.72 Å². The van der Waals surface area contributed by atoms with Crippen LogP contribution in [0.3, 0.4) is 0 Å². The smallest absolute Gasteiger partial charge is 0.319 e. The van der Waals surface area contributed by atoms with Gasteiger partial charge in [0.05, 0.1) is 10.7 Å². The molecular weight excluding hydrogens is 346 g/mol. The van der Waals surface area contributed by atoms with Gasteiger partial charge in [0.2, 0.25) is 5.91 Å². The molecule has 0 atom stereocenters. The number of hydrogen-bond acceptors (Lipinski definition) is 6. The van der Waals surface area contributed by atoms with Gasteiger partial charge >= 0.3 is 5.69 Å². The molecule has 10 heteroatoms. The Morgan fingerprint density at radius 1 is 1.44 bits per heavy atom. The van der Waals surface area contributed by atoms with Crippen LogP contribution in [-0.2, 0) is 11.3 Å². The maximum Gasteiger partial charge on any atom is 0.343 e. The lowest BCUT2D eigenvalue weighted by Gasteiger charge is -2.11. The summed E-state index contributed by atoms with van der Waals surface area (Å²) in [5.74, 6) is -0.418. The number of nitro groups is 1. The summed E-state index contributed by atoms with van der Waals surface area (Å²) in [4.78, 5) is 34.5. The van der Waals surface area contributed by atoms with Crippen molar-refractivity contribution in [2.24, 2.45) is 0 Å². The first-order valence-corrected chi connectivity index (χ1v) is 8.66. The van der Waals surface area contributed by atoms with Gasteiger partial charge in [0.25, 0.3) is 5.69 Å². The van der Waals surface area contributed by atoms with E-state index in [2.05, 4.69) is 15.5 Å². The molecule has 1 amide bonds. The first kappa shape index (κ1) is 18.7. The number of aromatic amines is 1. The minimum Gasteiger partial charge on any atom is -0.319 e. The van der Waals surface area contributed by atoms with Gasteiger partial charge in [-0.3, -0.25) is 19.5 Å². The number of carbonyl (C=O) groups is 1. The number of carbonyl (C=O) groups excluding carboxylic acids is 1. The summed E-state index contributed by atoms with van der Waals surface area (Å²) in [6.07, 6.45) is 0.758. The number of aryl methyl sites for hydroxylation is 1. The number of nitrogens with one attached hydrogen (secondary N) is 2. The van der Waals surface area contributed by atoms with Gasteiger partial charge in [0, 0.05) is 12.6 Å². The molecule has 0 spiro atoms. The summed E-state index contributed by atoms with van der Waals surface area (Å²) in [6, 6.07) is 3.02. The third-order valence-electron chi connectivity index (χ3n) is 3.68. The van der Waals surface area contributed by atoms with Crippen LogP contribution < -0.4 is 11.0 Å². The fourth-order valence-corrected chi connectivity index (χ4v) is 3.02. The van der Waals surface area contributed by atoms with Gasteiger partial charge in [-0.1, -0.05) is 24.8 Å². The van der Waals surface area contributed by atoms with Crippen molar-refractivity contribution in [1.82, 2.24) is 14.8 Å². The lowest BCUT2D eigenvalue weighted by molar-refractivity contribution is -0.384. The van der Waals surface area contributed by atoms with E-state index in [4.69, 9.17) is 0 Å². The summed E-state index contributed by atoms with van der Waals surface area (Å²) in [7, 11) is 0. The van der Waals surface area contributed by atoms with Gasteiger partial charge in [-0.25, -0.2) is 9.89 Å². The predicted octanol–water partition coefficient (Wildman–Crippen LogP) is 2.24. The summed E-state index contributed by atoms with van der Waals surface area (Å²) in [5.41, 5.74) is 1.22. The molecule has 0 bridgehead atoms. The van der Waals surface area contributed by atoms with Gasteiger partial charge in [0.15, 0.2) is 5.16 Å². The number of aromatic nitrogens is 3. The van der Waals surface area contributed by atoms with E-state index in [1.165, 1.54) is 10.6 Å². The Hall–Kier alpha value is -2.62. The molecule has 0 aliphatic heterocycles. The largest absolute Gasteiger partial charge is 0.343 e. The van der Waals surface area contributed by atoms with Crippen molar-refractivity contribution in [2.45, 2.75) is 38.9 Å². The second-order valence-electron chi connectivity index (χ2n) is 5.46. The lowest BCUT2D eigenvalue weighted by Crippen LogP contribution is -2.19. The van der Waals surface area contributed by atoms with E-state index in [1.54, 1.807) is 13.0 Å². The first-order valence-electron chi connectivity index (χ1n) is 7.67. The number of nitrogens with zero attached hydrogens (tertiary/aromatic N) is 3. The van der Waals surface area contributed by atoms with Crippen LogP contribution in [0.4, 0.5) is 11.4 Å². The molecule has 0 saturated heterocycles. The van der Waals surface area contributed by atoms with Crippen LogP contribution in [0.25, 0.3) is 0 Å². The molecule has 9 nitrogen and oxygen atoms in total. The second-order valence-corrected chi connectivity index (χ2v) is 6.40. The molecule has 0 fully saturated rings. The molecular formula is C15H19N5O4S. The Kier molecular flexibility index (Phi) is 5.97. The number of nitro benzene ring substituents is 1. The Balaban J connectivity index is 2.13. The van der Waals surface area contributed by atoms with Crippen molar-refractivity contribution in [3.63, 3.8) is 0 Å². The number of hydrogen-bond donors (Lipinski definition) is 2. The van der Waals surface area contributed by atoms with Crippen LogP contribution in [0.15, 0.2) is 22.1 Å². The van der Waals surface area contributed by atoms with Gasteiger partial charge in [-0.15, -0.1) is 5.10 Å². The Morgan fingerprint density at radius 3 is 2.80 bits per heavy atom. The number of amides is 1. The highest BCUT2D eigenvalue weighted by Gasteiger charge is 2.20. The number of thioether (sulfide) groups is 1. The van der Waals surface area contributed by atoms with E-state index >= 15 is 0 Å². The topological polar surface area (TPSA) is 123 Å². The fraction of sp³-hybridized carbons (Fsp3) is 0.400. The van der Waals surface area contributed by atoms with Crippen molar-refractivity contribution in [3.05, 3.63) is 43.9 Å². The Morgan fingerprint density at radius 2 is 2.16 bits per heavy atom. The van der Waals surface area contributed by atoms with Crippen LogP contribution in [0.5, 0.6) is 0 Å². The van der Waals surface area contributed by atoms with Crippen LogP contribution in [0.1, 0.15) is 24.5 Å². The summed E-state index contributed by atoms with van der Waals surface area (Å²) in [6.45, 7) is 5.97. The zero-order chi connectivity index (χ0) is 18.6. The highest BCUT2D eigenvalue weighted by atomic mass is 32.2. The molecule has 1 aromatic heterocycles. The lowest BCUT2D eigenvalue weighted by atomic mass is 10.1. The van der Waals surface area contributed by atoms with E-state index in [1.807, 2.05) is 13.8 Å². The molecule has 0 aliphatic carbocycles. The molecule has 0 radical (unpaired) electrons. The third kappa shape index (κ3) is 4.27. The zero-order valence-corrected chi connectivity index (χ0v) is 15.0. The zero-order valence-electron chi connectivity index (χ0n) is 14.2. The van der Waals surface area contributed by atoms with E-state index in [-0.39, 0.29) is 22.8 Å². The van der Waals surface area contributed by atoms with Gasteiger partial charge < -0.3 is 5.32 Å². The monoisotopic (exact) mass is 365 g/mol. The van der Waals surface area contributed by atoms with Crippen molar-refractivity contribution in [2.75, 3.05) is 11.1 Å². The van der Waals surface area contributed by atoms with Crippen LogP contribution in [-0.4, -0.2) is 31.3 Å². The standard InChI is InChI=1S/C15H19N5O4S/c1-4-7-19-14(22)17-18-15(19)25-8-12(21)16-13-10(3)9(2)5-6-11(13)20(23)24/h5-6H,4,7-8H2,1-3H3,(H,16,21)(H,17,22). The number of benzene rings is 1. The molecule has 0 aliphatic rings. The van der Waals surface area contributed by atoms with Crippen molar-refractivity contribution in [1.29, 1.82) is 0 Å².